The van der Waals surface area contributed by atoms with Crippen LogP contribution in [0.4, 0.5) is 0 Å². The molecule has 0 aromatic heterocycles. The maximum Gasteiger partial charge on any atom is 0.244 e. The Morgan fingerprint density at radius 2 is 1.82 bits per heavy atom. The van der Waals surface area contributed by atoms with Crippen LogP contribution in [-0.4, -0.2) is 23.7 Å². The molecule has 0 rings (SSSR count). The van der Waals surface area contributed by atoms with E-state index < -0.39 is 0 Å². The van der Waals surface area contributed by atoms with Crippen LogP contribution in [0, 0.1) is 5.92 Å². The molecular weight excluding hydrogens is 140 g/mol. The van der Waals surface area contributed by atoms with E-state index >= 15 is 0 Å². The number of nitrogens with zero attached hydrogens (tertiary/aromatic N) is 2. The first-order valence-corrected chi connectivity index (χ1v) is 3.74. The second-order valence-electron chi connectivity index (χ2n) is 3.06. The number of hydrogen-bond acceptors (Lipinski definition) is 2. The standard InChI is InChI=1S/C8H16N2O/c1-6(2)8(11)10(5)9-7(3)4/h6H,1-5H3. The maximum atomic E-state index is 11.2. The van der Waals surface area contributed by atoms with Crippen LogP contribution in [-0.2, 0) is 4.79 Å². The third-order valence-corrected chi connectivity index (χ3v) is 1.16. The van der Waals surface area contributed by atoms with Gasteiger partial charge in [0.25, 0.3) is 0 Å². The van der Waals surface area contributed by atoms with Gasteiger partial charge in [-0.2, -0.15) is 5.10 Å². The van der Waals surface area contributed by atoms with Gasteiger partial charge in [-0.3, -0.25) is 4.79 Å². The third kappa shape index (κ3) is 3.75. The molecule has 0 aliphatic heterocycles. The van der Waals surface area contributed by atoms with Gasteiger partial charge in [0.2, 0.25) is 5.91 Å². The molecule has 11 heavy (non-hydrogen) atoms. The summed E-state index contributed by atoms with van der Waals surface area (Å²) in [4.78, 5) is 11.2. The second kappa shape index (κ2) is 4.11. The summed E-state index contributed by atoms with van der Waals surface area (Å²) in [5.41, 5.74) is 0.890. The minimum absolute atomic E-state index is 0.0168. The van der Waals surface area contributed by atoms with E-state index in [1.807, 2.05) is 27.7 Å². The predicted octanol–water partition coefficient (Wildman–Crippen LogP) is 1.50. The highest BCUT2D eigenvalue weighted by Gasteiger charge is 2.10. The molecule has 0 fully saturated rings. The summed E-state index contributed by atoms with van der Waals surface area (Å²) in [7, 11) is 1.68. The summed E-state index contributed by atoms with van der Waals surface area (Å²) in [5.74, 6) is 0.0642. The Labute approximate surface area is 68.1 Å². The Morgan fingerprint density at radius 3 is 2.09 bits per heavy atom. The van der Waals surface area contributed by atoms with Gasteiger partial charge >= 0.3 is 0 Å². The van der Waals surface area contributed by atoms with E-state index in [1.54, 1.807) is 7.05 Å². The Morgan fingerprint density at radius 1 is 1.36 bits per heavy atom. The van der Waals surface area contributed by atoms with Crippen molar-refractivity contribution in [1.29, 1.82) is 0 Å². The molecule has 0 saturated carbocycles. The topological polar surface area (TPSA) is 32.7 Å². The second-order valence-corrected chi connectivity index (χ2v) is 3.06. The first-order chi connectivity index (χ1) is 4.95. The number of hydrogen-bond donors (Lipinski definition) is 0. The van der Waals surface area contributed by atoms with Crippen molar-refractivity contribution in [3.63, 3.8) is 0 Å². The van der Waals surface area contributed by atoms with Gasteiger partial charge in [0, 0.05) is 18.7 Å². The zero-order chi connectivity index (χ0) is 9.02. The lowest BCUT2D eigenvalue weighted by atomic mass is 10.2. The number of hydrazone groups is 1. The fraction of sp³-hybridized carbons (Fsp3) is 0.750. The van der Waals surface area contributed by atoms with Crippen LogP contribution in [0.1, 0.15) is 27.7 Å². The number of rotatable bonds is 2. The summed E-state index contributed by atoms with van der Waals surface area (Å²) in [6, 6.07) is 0. The van der Waals surface area contributed by atoms with E-state index in [4.69, 9.17) is 0 Å². The minimum atomic E-state index is 0.0168. The predicted molar refractivity (Wildman–Crippen MR) is 46.4 cm³/mol. The Hall–Kier alpha value is -0.860. The summed E-state index contributed by atoms with van der Waals surface area (Å²) >= 11 is 0. The molecule has 3 heteroatoms. The number of carbonyl (C=O) groups excluding carboxylic acids is 1. The first-order valence-electron chi connectivity index (χ1n) is 3.74. The van der Waals surface area contributed by atoms with E-state index in [0.717, 1.165) is 5.71 Å². The van der Waals surface area contributed by atoms with Crippen molar-refractivity contribution in [2.45, 2.75) is 27.7 Å². The van der Waals surface area contributed by atoms with Gasteiger partial charge in [0.1, 0.15) is 0 Å². The van der Waals surface area contributed by atoms with Crippen LogP contribution in [0.15, 0.2) is 5.10 Å². The quantitative estimate of drug-likeness (QED) is 0.440. The summed E-state index contributed by atoms with van der Waals surface area (Å²) in [6.45, 7) is 7.45. The van der Waals surface area contributed by atoms with Gasteiger partial charge in [0.05, 0.1) is 0 Å². The molecule has 0 aromatic rings. The molecule has 3 nitrogen and oxygen atoms in total. The maximum absolute atomic E-state index is 11.2. The molecule has 0 heterocycles. The van der Waals surface area contributed by atoms with Crippen LogP contribution in [0.3, 0.4) is 0 Å². The minimum Gasteiger partial charge on any atom is -0.273 e. The molecule has 0 unspecified atom stereocenters. The lowest BCUT2D eigenvalue weighted by Crippen LogP contribution is -2.26. The van der Waals surface area contributed by atoms with Crippen LogP contribution >= 0.6 is 0 Å². The largest absolute Gasteiger partial charge is 0.273 e. The van der Waals surface area contributed by atoms with Gasteiger partial charge in [-0.15, -0.1) is 0 Å². The van der Waals surface area contributed by atoms with Gasteiger partial charge in [0.15, 0.2) is 0 Å². The third-order valence-electron chi connectivity index (χ3n) is 1.16. The normalized spacial score (nSPS) is 9.64. The summed E-state index contributed by atoms with van der Waals surface area (Å²) in [6.07, 6.45) is 0. The average molecular weight is 156 g/mol. The molecule has 0 radical (unpaired) electrons. The van der Waals surface area contributed by atoms with Crippen molar-refractivity contribution in [3.8, 4) is 0 Å². The van der Waals surface area contributed by atoms with E-state index in [1.165, 1.54) is 5.01 Å². The highest BCUT2D eigenvalue weighted by atomic mass is 16.2. The SMILES string of the molecule is CC(C)=NN(C)C(=O)C(C)C. The summed E-state index contributed by atoms with van der Waals surface area (Å²) in [5, 5.41) is 5.39. The molecular formula is C8H16N2O. The van der Waals surface area contributed by atoms with E-state index in [0.29, 0.717) is 0 Å². The molecule has 0 N–H and O–H groups in total. The van der Waals surface area contributed by atoms with E-state index in [9.17, 15) is 4.79 Å². The fourth-order valence-corrected chi connectivity index (χ4v) is 0.723. The van der Waals surface area contributed by atoms with Gasteiger partial charge < -0.3 is 0 Å². The molecule has 0 bridgehead atoms. The Kier molecular flexibility index (Phi) is 3.79. The van der Waals surface area contributed by atoms with Crippen molar-refractivity contribution in [2.24, 2.45) is 11.0 Å². The molecule has 0 aliphatic rings. The van der Waals surface area contributed by atoms with Gasteiger partial charge in [-0.1, -0.05) is 13.8 Å². The van der Waals surface area contributed by atoms with Gasteiger partial charge in [-0.25, -0.2) is 5.01 Å². The highest BCUT2D eigenvalue weighted by molar-refractivity contribution is 5.83. The van der Waals surface area contributed by atoms with Crippen LogP contribution in [0.5, 0.6) is 0 Å². The van der Waals surface area contributed by atoms with E-state index in [2.05, 4.69) is 5.10 Å². The van der Waals surface area contributed by atoms with Gasteiger partial charge in [-0.05, 0) is 13.8 Å². The first kappa shape index (κ1) is 10.1. The van der Waals surface area contributed by atoms with Crippen LogP contribution in [0.25, 0.3) is 0 Å². The van der Waals surface area contributed by atoms with E-state index in [-0.39, 0.29) is 11.8 Å². The van der Waals surface area contributed by atoms with Crippen LogP contribution in [0.2, 0.25) is 0 Å². The lowest BCUT2D eigenvalue weighted by molar-refractivity contribution is -0.133. The Bertz CT molecular complexity index is 169. The number of amides is 1. The van der Waals surface area contributed by atoms with Crippen molar-refractivity contribution in [1.82, 2.24) is 5.01 Å². The lowest BCUT2D eigenvalue weighted by Gasteiger charge is -2.13. The fourth-order valence-electron chi connectivity index (χ4n) is 0.723. The number of carbonyl (C=O) groups is 1. The smallest absolute Gasteiger partial charge is 0.244 e. The summed E-state index contributed by atoms with van der Waals surface area (Å²) < 4.78 is 0. The Balaban J connectivity index is 4.15. The van der Waals surface area contributed by atoms with Crippen molar-refractivity contribution in [3.05, 3.63) is 0 Å². The zero-order valence-corrected chi connectivity index (χ0v) is 7.88. The van der Waals surface area contributed by atoms with Crippen LogP contribution < -0.4 is 0 Å². The molecule has 0 aliphatic carbocycles. The average Bonchev–Trinajstić information content (AvgIpc) is 1.84. The monoisotopic (exact) mass is 156 g/mol. The molecule has 0 atom stereocenters. The molecule has 0 saturated heterocycles. The zero-order valence-electron chi connectivity index (χ0n) is 7.88. The molecule has 0 spiro atoms. The molecule has 0 aromatic carbocycles. The molecule has 1 amide bonds. The van der Waals surface area contributed by atoms with Crippen molar-refractivity contribution in [2.75, 3.05) is 7.05 Å². The molecule has 64 valence electrons. The van der Waals surface area contributed by atoms with Crippen molar-refractivity contribution < 1.29 is 4.79 Å². The highest BCUT2D eigenvalue weighted by Crippen LogP contribution is 1.99. The van der Waals surface area contributed by atoms with Crippen molar-refractivity contribution >= 4 is 11.6 Å².